The number of rotatable bonds is 5. The van der Waals surface area contributed by atoms with Crippen LogP contribution in [0.3, 0.4) is 0 Å². The van der Waals surface area contributed by atoms with Crippen molar-refractivity contribution >= 4 is 17.8 Å². The maximum atomic E-state index is 12.0. The second kappa shape index (κ2) is 5.81. The summed E-state index contributed by atoms with van der Waals surface area (Å²) in [7, 11) is 1.17. The number of carboxylic acid groups (broad SMARTS) is 1. The molecule has 1 fully saturated rings. The lowest BCUT2D eigenvalue weighted by Gasteiger charge is -2.24. The minimum absolute atomic E-state index is 0.358. The Morgan fingerprint density at radius 2 is 2.17 bits per heavy atom. The van der Waals surface area contributed by atoms with Crippen molar-refractivity contribution in [3.63, 3.8) is 0 Å². The highest BCUT2D eigenvalue weighted by Gasteiger charge is 2.38. The van der Waals surface area contributed by atoms with Gasteiger partial charge in [0.25, 0.3) is 0 Å². The van der Waals surface area contributed by atoms with Gasteiger partial charge in [0.05, 0.1) is 18.9 Å². The molecule has 0 bridgehead atoms. The normalized spacial score (nSPS) is 24.3. The fraction of sp³-hybridized carbons (Fsp3) is 0.727. The maximum absolute atomic E-state index is 12.0. The molecule has 0 spiro atoms. The number of ether oxygens (including phenoxy) is 1. The fourth-order valence-corrected chi connectivity index (χ4v) is 1.79. The average molecular weight is 258 g/mol. The van der Waals surface area contributed by atoms with Crippen LogP contribution in [0.5, 0.6) is 0 Å². The Hall–Kier alpha value is -1.63. The SMILES string of the molecule is COC(=O)C[C@H](NC(=O)C1(C)CCNC1)C(=O)O. The van der Waals surface area contributed by atoms with Crippen LogP contribution >= 0.6 is 0 Å². The van der Waals surface area contributed by atoms with Gasteiger partial charge in [0.15, 0.2) is 0 Å². The van der Waals surface area contributed by atoms with Crippen LogP contribution in [0.25, 0.3) is 0 Å². The molecule has 2 atom stereocenters. The van der Waals surface area contributed by atoms with Gasteiger partial charge >= 0.3 is 11.9 Å². The molecule has 1 heterocycles. The number of amides is 1. The third kappa shape index (κ3) is 3.43. The van der Waals surface area contributed by atoms with Crippen LogP contribution in [-0.4, -0.2) is 49.2 Å². The zero-order valence-corrected chi connectivity index (χ0v) is 10.5. The molecular formula is C11H18N2O5. The first-order chi connectivity index (χ1) is 8.39. The standard InChI is InChI=1S/C11H18N2O5/c1-11(3-4-12-6-11)10(17)13-7(9(15)16)5-8(14)18-2/h7,12H,3-6H2,1-2H3,(H,13,17)(H,15,16)/t7-,11?/m0/s1. The van der Waals surface area contributed by atoms with Crippen LogP contribution in [0.1, 0.15) is 19.8 Å². The van der Waals surface area contributed by atoms with Gasteiger partial charge in [-0.25, -0.2) is 4.79 Å². The summed E-state index contributed by atoms with van der Waals surface area (Å²) in [6.07, 6.45) is 0.268. The number of carbonyl (C=O) groups is 3. The average Bonchev–Trinajstić information content (AvgIpc) is 2.76. The number of carboxylic acids is 1. The van der Waals surface area contributed by atoms with E-state index in [1.165, 1.54) is 7.11 Å². The molecule has 3 N–H and O–H groups in total. The monoisotopic (exact) mass is 258 g/mol. The van der Waals surface area contributed by atoms with Gasteiger partial charge in [-0.15, -0.1) is 0 Å². The summed E-state index contributed by atoms with van der Waals surface area (Å²) in [6, 6.07) is -1.25. The van der Waals surface area contributed by atoms with Crippen molar-refractivity contribution in [2.45, 2.75) is 25.8 Å². The summed E-state index contributed by atoms with van der Waals surface area (Å²) in [4.78, 5) is 34.0. The Bertz CT molecular complexity index is 349. The van der Waals surface area contributed by atoms with Gasteiger partial charge < -0.3 is 20.5 Å². The Morgan fingerprint density at radius 1 is 1.50 bits per heavy atom. The number of hydrogen-bond donors (Lipinski definition) is 3. The van der Waals surface area contributed by atoms with E-state index in [0.717, 1.165) is 6.54 Å². The minimum atomic E-state index is -1.25. The van der Waals surface area contributed by atoms with E-state index < -0.39 is 23.4 Å². The van der Waals surface area contributed by atoms with E-state index >= 15 is 0 Å². The highest BCUT2D eigenvalue weighted by atomic mass is 16.5. The number of aliphatic carboxylic acids is 1. The molecule has 1 aliphatic heterocycles. The molecule has 0 aromatic carbocycles. The van der Waals surface area contributed by atoms with Crippen LogP contribution in [0.15, 0.2) is 0 Å². The van der Waals surface area contributed by atoms with Crippen LogP contribution in [0.2, 0.25) is 0 Å². The highest BCUT2D eigenvalue weighted by Crippen LogP contribution is 2.24. The predicted molar refractivity (Wildman–Crippen MR) is 61.8 cm³/mol. The first-order valence-electron chi connectivity index (χ1n) is 5.70. The number of hydrogen-bond acceptors (Lipinski definition) is 5. The van der Waals surface area contributed by atoms with Crippen molar-refractivity contribution in [2.24, 2.45) is 5.41 Å². The molecule has 1 unspecified atom stereocenters. The van der Waals surface area contributed by atoms with Crippen LogP contribution < -0.4 is 10.6 Å². The molecule has 7 heteroatoms. The second-order valence-electron chi connectivity index (χ2n) is 4.63. The Kier molecular flexibility index (Phi) is 4.66. The summed E-state index contributed by atoms with van der Waals surface area (Å²) in [6.45, 7) is 2.99. The molecule has 0 aromatic heterocycles. The van der Waals surface area contributed by atoms with E-state index in [1.807, 2.05) is 0 Å². The Balaban J connectivity index is 2.63. The largest absolute Gasteiger partial charge is 0.480 e. The summed E-state index contributed by atoms with van der Waals surface area (Å²) < 4.78 is 4.40. The van der Waals surface area contributed by atoms with E-state index in [4.69, 9.17) is 5.11 Å². The third-order valence-electron chi connectivity index (χ3n) is 3.12. The molecule has 0 radical (unpaired) electrons. The van der Waals surface area contributed by atoms with Gasteiger partial charge in [-0.2, -0.15) is 0 Å². The lowest BCUT2D eigenvalue weighted by Crippen LogP contribution is -2.49. The molecule has 1 saturated heterocycles. The zero-order chi connectivity index (χ0) is 13.8. The van der Waals surface area contributed by atoms with Crippen molar-refractivity contribution in [1.29, 1.82) is 0 Å². The number of carbonyl (C=O) groups excluding carboxylic acids is 2. The van der Waals surface area contributed by atoms with E-state index in [1.54, 1.807) is 6.92 Å². The number of nitrogens with one attached hydrogen (secondary N) is 2. The Morgan fingerprint density at radius 3 is 2.61 bits per heavy atom. The van der Waals surface area contributed by atoms with Crippen molar-refractivity contribution in [2.75, 3.05) is 20.2 Å². The lowest BCUT2D eigenvalue weighted by molar-refractivity contribution is -0.149. The highest BCUT2D eigenvalue weighted by molar-refractivity contribution is 5.89. The van der Waals surface area contributed by atoms with Crippen LogP contribution in [0, 0.1) is 5.41 Å². The summed E-state index contributed by atoms with van der Waals surface area (Å²) >= 11 is 0. The smallest absolute Gasteiger partial charge is 0.326 e. The van der Waals surface area contributed by atoms with Crippen molar-refractivity contribution in [3.8, 4) is 0 Å². The summed E-state index contributed by atoms with van der Waals surface area (Å²) in [5.74, 6) is -2.27. The van der Waals surface area contributed by atoms with E-state index in [9.17, 15) is 14.4 Å². The molecule has 1 rings (SSSR count). The third-order valence-corrected chi connectivity index (χ3v) is 3.12. The van der Waals surface area contributed by atoms with E-state index in [2.05, 4.69) is 15.4 Å². The minimum Gasteiger partial charge on any atom is -0.480 e. The fourth-order valence-electron chi connectivity index (χ4n) is 1.79. The summed E-state index contributed by atoms with van der Waals surface area (Å²) in [5.41, 5.74) is -0.621. The second-order valence-corrected chi connectivity index (χ2v) is 4.63. The molecule has 102 valence electrons. The topological polar surface area (TPSA) is 105 Å². The van der Waals surface area contributed by atoms with Crippen molar-refractivity contribution in [1.82, 2.24) is 10.6 Å². The first-order valence-corrected chi connectivity index (χ1v) is 5.70. The predicted octanol–water partition coefficient (Wildman–Crippen LogP) is -0.881. The van der Waals surface area contributed by atoms with E-state index in [0.29, 0.717) is 13.0 Å². The maximum Gasteiger partial charge on any atom is 0.326 e. The molecule has 0 aliphatic carbocycles. The van der Waals surface area contributed by atoms with Gasteiger partial charge in [0, 0.05) is 6.54 Å². The molecule has 7 nitrogen and oxygen atoms in total. The molecule has 1 aliphatic rings. The van der Waals surface area contributed by atoms with E-state index in [-0.39, 0.29) is 12.3 Å². The van der Waals surface area contributed by atoms with Crippen LogP contribution in [-0.2, 0) is 19.1 Å². The zero-order valence-electron chi connectivity index (χ0n) is 10.5. The molecular weight excluding hydrogens is 240 g/mol. The van der Waals surface area contributed by atoms with Gasteiger partial charge in [-0.05, 0) is 19.9 Å². The van der Waals surface area contributed by atoms with Gasteiger partial charge in [-0.3, -0.25) is 9.59 Å². The quantitative estimate of drug-likeness (QED) is 0.553. The molecule has 0 aromatic rings. The lowest BCUT2D eigenvalue weighted by atomic mass is 9.88. The van der Waals surface area contributed by atoms with Gasteiger partial charge in [0.2, 0.25) is 5.91 Å². The van der Waals surface area contributed by atoms with Crippen LogP contribution in [0.4, 0.5) is 0 Å². The molecule has 1 amide bonds. The van der Waals surface area contributed by atoms with Gasteiger partial charge in [0.1, 0.15) is 6.04 Å². The van der Waals surface area contributed by atoms with Crippen molar-refractivity contribution in [3.05, 3.63) is 0 Å². The summed E-state index contributed by atoms with van der Waals surface area (Å²) in [5, 5.41) is 14.4. The molecule has 0 saturated carbocycles. The molecule has 18 heavy (non-hydrogen) atoms. The van der Waals surface area contributed by atoms with Crippen molar-refractivity contribution < 1.29 is 24.2 Å². The van der Waals surface area contributed by atoms with Gasteiger partial charge in [-0.1, -0.05) is 0 Å². The first kappa shape index (κ1) is 14.4. The number of methoxy groups -OCH3 is 1. The Labute approximate surface area is 105 Å². The number of esters is 1.